The number of hydrogen-bond donors (Lipinski definition) is 1. The Morgan fingerprint density at radius 2 is 2.10 bits per heavy atom. The van der Waals surface area contributed by atoms with Crippen molar-refractivity contribution < 1.29 is 9.31 Å². The molecule has 0 aliphatic heterocycles. The summed E-state index contributed by atoms with van der Waals surface area (Å²) in [6.07, 6.45) is 1.10. The molecule has 6 heteroatoms. The van der Waals surface area contributed by atoms with Crippen LogP contribution in [-0.4, -0.2) is 36.0 Å². The van der Waals surface area contributed by atoms with E-state index in [1.165, 1.54) is 12.1 Å². The maximum atomic E-state index is 13.1. The minimum Gasteiger partial charge on any atom is -0.311 e. The average molecular weight is 283 g/mol. The van der Waals surface area contributed by atoms with Gasteiger partial charge in [-0.3, -0.25) is 10.1 Å². The number of rotatable bonds is 9. The summed E-state index contributed by atoms with van der Waals surface area (Å²) in [5.41, 5.74) is 0.341. The van der Waals surface area contributed by atoms with E-state index in [1.807, 2.05) is 0 Å². The molecular formula is C14H22FN3O2. The third-order valence-corrected chi connectivity index (χ3v) is 3.15. The van der Waals surface area contributed by atoms with Gasteiger partial charge in [0.25, 0.3) is 5.69 Å². The lowest BCUT2D eigenvalue weighted by molar-refractivity contribution is -0.385. The number of nitrogens with zero attached hydrogens (tertiary/aromatic N) is 2. The van der Waals surface area contributed by atoms with Crippen molar-refractivity contribution in [2.75, 3.05) is 26.2 Å². The van der Waals surface area contributed by atoms with Gasteiger partial charge in [-0.2, -0.15) is 0 Å². The van der Waals surface area contributed by atoms with Crippen molar-refractivity contribution >= 4 is 5.69 Å². The Morgan fingerprint density at radius 1 is 1.35 bits per heavy atom. The first kappa shape index (κ1) is 16.5. The third kappa shape index (κ3) is 5.22. The van der Waals surface area contributed by atoms with Gasteiger partial charge in [-0.1, -0.05) is 13.8 Å². The maximum Gasteiger partial charge on any atom is 0.274 e. The molecule has 0 fully saturated rings. The summed E-state index contributed by atoms with van der Waals surface area (Å²) in [4.78, 5) is 12.7. The number of halogens is 1. The van der Waals surface area contributed by atoms with E-state index in [0.717, 1.165) is 38.7 Å². The summed E-state index contributed by atoms with van der Waals surface area (Å²) in [5, 5.41) is 14.0. The van der Waals surface area contributed by atoms with Crippen LogP contribution in [0.25, 0.3) is 0 Å². The highest BCUT2D eigenvalue weighted by atomic mass is 19.1. The van der Waals surface area contributed by atoms with E-state index in [1.54, 1.807) is 0 Å². The smallest absolute Gasteiger partial charge is 0.274 e. The van der Waals surface area contributed by atoms with Crippen LogP contribution < -0.4 is 5.32 Å². The molecule has 20 heavy (non-hydrogen) atoms. The standard InChI is InChI=1S/C14H22FN3O2/c1-3-8-17(4-2)9-7-16-11-12-10-13(15)5-6-14(12)18(19)20/h5-6,10,16H,3-4,7-9,11H2,1-2H3. The molecule has 1 aromatic carbocycles. The summed E-state index contributed by atoms with van der Waals surface area (Å²) in [5.74, 6) is -0.450. The molecule has 0 aliphatic rings. The second-order valence-corrected chi connectivity index (χ2v) is 4.64. The van der Waals surface area contributed by atoms with E-state index >= 15 is 0 Å². The molecular weight excluding hydrogens is 261 g/mol. The van der Waals surface area contributed by atoms with Crippen LogP contribution in [0.5, 0.6) is 0 Å². The number of nitro benzene ring substituents is 1. The quantitative estimate of drug-likeness (QED) is 0.430. The monoisotopic (exact) mass is 283 g/mol. The fraction of sp³-hybridized carbons (Fsp3) is 0.571. The van der Waals surface area contributed by atoms with Gasteiger partial charge in [0.15, 0.2) is 0 Å². The fourth-order valence-electron chi connectivity index (χ4n) is 2.08. The molecule has 0 aliphatic carbocycles. The Bertz CT molecular complexity index is 440. The lowest BCUT2D eigenvalue weighted by Crippen LogP contribution is -2.32. The molecule has 1 aromatic rings. The number of benzene rings is 1. The summed E-state index contributed by atoms with van der Waals surface area (Å²) in [6, 6.07) is 3.54. The van der Waals surface area contributed by atoms with Gasteiger partial charge in [-0.25, -0.2) is 4.39 Å². The zero-order valence-electron chi connectivity index (χ0n) is 12.1. The molecule has 0 atom stereocenters. The van der Waals surface area contributed by atoms with Crippen LogP contribution in [0.2, 0.25) is 0 Å². The van der Waals surface area contributed by atoms with Crippen molar-refractivity contribution in [2.24, 2.45) is 0 Å². The van der Waals surface area contributed by atoms with E-state index in [4.69, 9.17) is 0 Å². The van der Waals surface area contributed by atoms with E-state index in [9.17, 15) is 14.5 Å². The highest BCUT2D eigenvalue weighted by Crippen LogP contribution is 2.19. The van der Waals surface area contributed by atoms with Crippen molar-refractivity contribution in [2.45, 2.75) is 26.8 Å². The van der Waals surface area contributed by atoms with Gasteiger partial charge in [-0.15, -0.1) is 0 Å². The summed E-state index contributed by atoms with van der Waals surface area (Å²) < 4.78 is 13.1. The second-order valence-electron chi connectivity index (χ2n) is 4.64. The predicted octanol–water partition coefficient (Wildman–Crippen LogP) is 2.56. The van der Waals surface area contributed by atoms with Crippen molar-refractivity contribution in [3.05, 3.63) is 39.7 Å². The Labute approximate surface area is 118 Å². The van der Waals surface area contributed by atoms with Gasteiger partial charge >= 0.3 is 0 Å². The van der Waals surface area contributed by atoms with Crippen LogP contribution in [0.15, 0.2) is 18.2 Å². The van der Waals surface area contributed by atoms with Crippen LogP contribution in [0.1, 0.15) is 25.8 Å². The van der Waals surface area contributed by atoms with Crippen LogP contribution >= 0.6 is 0 Å². The molecule has 0 saturated carbocycles. The Morgan fingerprint density at radius 3 is 2.70 bits per heavy atom. The zero-order chi connectivity index (χ0) is 15.0. The Hall–Kier alpha value is -1.53. The van der Waals surface area contributed by atoms with Crippen molar-refractivity contribution in [3.63, 3.8) is 0 Å². The van der Waals surface area contributed by atoms with E-state index in [-0.39, 0.29) is 5.69 Å². The Kier molecular flexibility index (Phi) is 7.11. The fourth-order valence-corrected chi connectivity index (χ4v) is 2.08. The van der Waals surface area contributed by atoms with Gasteiger partial charge in [-0.05, 0) is 31.6 Å². The second kappa shape index (κ2) is 8.60. The van der Waals surface area contributed by atoms with Crippen LogP contribution in [-0.2, 0) is 6.54 Å². The minimum absolute atomic E-state index is 0.0418. The first-order valence-electron chi connectivity index (χ1n) is 6.94. The van der Waals surface area contributed by atoms with Gasteiger partial charge in [0.05, 0.1) is 4.92 Å². The lowest BCUT2D eigenvalue weighted by Gasteiger charge is -2.19. The van der Waals surface area contributed by atoms with Crippen LogP contribution in [0, 0.1) is 15.9 Å². The topological polar surface area (TPSA) is 58.4 Å². The van der Waals surface area contributed by atoms with Crippen LogP contribution in [0.4, 0.5) is 10.1 Å². The molecule has 0 saturated heterocycles. The summed E-state index contributed by atoms with van der Waals surface area (Å²) in [6.45, 7) is 8.17. The SMILES string of the molecule is CCCN(CC)CCNCc1cc(F)ccc1[N+](=O)[O-]. The van der Waals surface area contributed by atoms with E-state index < -0.39 is 10.7 Å². The molecule has 0 radical (unpaired) electrons. The van der Waals surface area contributed by atoms with Crippen LogP contribution in [0.3, 0.4) is 0 Å². The molecule has 5 nitrogen and oxygen atoms in total. The van der Waals surface area contributed by atoms with Crippen molar-refractivity contribution in [1.82, 2.24) is 10.2 Å². The molecule has 0 heterocycles. The summed E-state index contributed by atoms with van der Waals surface area (Å²) >= 11 is 0. The zero-order valence-corrected chi connectivity index (χ0v) is 12.1. The van der Waals surface area contributed by atoms with Gasteiger partial charge in [0, 0.05) is 31.3 Å². The lowest BCUT2D eigenvalue weighted by atomic mass is 10.1. The first-order chi connectivity index (χ1) is 9.58. The molecule has 0 amide bonds. The average Bonchev–Trinajstić information content (AvgIpc) is 2.42. The van der Waals surface area contributed by atoms with Crippen molar-refractivity contribution in [1.29, 1.82) is 0 Å². The van der Waals surface area contributed by atoms with E-state index in [0.29, 0.717) is 12.1 Å². The van der Waals surface area contributed by atoms with Gasteiger partial charge < -0.3 is 10.2 Å². The largest absolute Gasteiger partial charge is 0.311 e. The summed E-state index contributed by atoms with van der Waals surface area (Å²) in [7, 11) is 0. The number of likely N-dealkylation sites (N-methyl/N-ethyl adjacent to an activating group) is 1. The molecule has 0 spiro atoms. The molecule has 0 unspecified atom stereocenters. The molecule has 0 bridgehead atoms. The normalized spacial score (nSPS) is 11.0. The predicted molar refractivity (Wildman–Crippen MR) is 77.2 cm³/mol. The molecule has 1 rings (SSSR count). The highest BCUT2D eigenvalue weighted by molar-refractivity contribution is 5.40. The van der Waals surface area contributed by atoms with E-state index in [2.05, 4.69) is 24.1 Å². The number of nitrogens with one attached hydrogen (secondary N) is 1. The molecule has 112 valence electrons. The number of nitro groups is 1. The first-order valence-corrected chi connectivity index (χ1v) is 6.94. The minimum atomic E-state index is -0.480. The molecule has 0 aromatic heterocycles. The highest BCUT2D eigenvalue weighted by Gasteiger charge is 2.13. The van der Waals surface area contributed by atoms with Crippen molar-refractivity contribution in [3.8, 4) is 0 Å². The third-order valence-electron chi connectivity index (χ3n) is 3.15. The Balaban J connectivity index is 2.49. The number of hydrogen-bond acceptors (Lipinski definition) is 4. The van der Waals surface area contributed by atoms with Gasteiger partial charge in [0.2, 0.25) is 0 Å². The molecule has 1 N–H and O–H groups in total. The van der Waals surface area contributed by atoms with Gasteiger partial charge in [0.1, 0.15) is 5.82 Å². The maximum absolute atomic E-state index is 13.1.